The number of carbonyl (C=O) groups is 1. The molecular weight excluding hydrogens is 419 g/mol. The van der Waals surface area contributed by atoms with Crippen molar-refractivity contribution in [2.75, 3.05) is 48.5 Å². The first kappa shape index (κ1) is 21.6. The molecule has 0 atom stereocenters. The number of para-hydroxylation sites is 1. The van der Waals surface area contributed by atoms with Gasteiger partial charge in [0, 0.05) is 64.0 Å². The summed E-state index contributed by atoms with van der Waals surface area (Å²) in [6, 6.07) is 13.9. The molecule has 166 valence electrons. The van der Waals surface area contributed by atoms with E-state index in [0.717, 1.165) is 5.69 Å². The zero-order valence-electron chi connectivity index (χ0n) is 17.6. The van der Waals surface area contributed by atoms with Gasteiger partial charge in [0.25, 0.3) is 0 Å². The Balaban J connectivity index is 1.47. The van der Waals surface area contributed by atoms with Gasteiger partial charge in [0.1, 0.15) is 5.82 Å². The van der Waals surface area contributed by atoms with Gasteiger partial charge in [-0.25, -0.2) is 4.39 Å². The summed E-state index contributed by atoms with van der Waals surface area (Å²) >= 11 is 0. The Morgan fingerprint density at radius 3 is 2.29 bits per heavy atom. The van der Waals surface area contributed by atoms with E-state index in [-0.39, 0.29) is 12.5 Å². The van der Waals surface area contributed by atoms with Crippen LogP contribution in [0.5, 0.6) is 0 Å². The lowest BCUT2D eigenvalue weighted by atomic mass is 10.1. The van der Waals surface area contributed by atoms with Gasteiger partial charge in [-0.15, -0.1) is 0 Å². The number of anilines is 2. The Kier molecular flexibility index (Phi) is 6.15. The summed E-state index contributed by atoms with van der Waals surface area (Å²) in [5.41, 5.74) is 1.72. The SMILES string of the molecule is CC(=O)N1CCN(c2ccc(CN3CCCN(c4ccccc4)S3(=O)=O)c(F)c2)CC1. The van der Waals surface area contributed by atoms with Crippen molar-refractivity contribution in [2.24, 2.45) is 0 Å². The summed E-state index contributed by atoms with van der Waals surface area (Å²) in [4.78, 5) is 15.3. The molecule has 0 radical (unpaired) electrons. The number of carbonyl (C=O) groups excluding carboxylic acids is 1. The topological polar surface area (TPSA) is 64.2 Å². The molecular formula is C22H27FN4O3S. The number of benzene rings is 2. The molecule has 2 saturated heterocycles. The zero-order chi connectivity index (χ0) is 22.0. The first-order chi connectivity index (χ1) is 14.9. The maximum atomic E-state index is 14.9. The summed E-state index contributed by atoms with van der Waals surface area (Å²) in [6.45, 7) is 4.83. The van der Waals surface area contributed by atoms with E-state index >= 15 is 0 Å². The lowest BCUT2D eigenvalue weighted by Gasteiger charge is -2.36. The third kappa shape index (κ3) is 4.52. The van der Waals surface area contributed by atoms with Crippen LogP contribution in [0.3, 0.4) is 0 Å². The lowest BCUT2D eigenvalue weighted by molar-refractivity contribution is -0.129. The van der Waals surface area contributed by atoms with E-state index in [9.17, 15) is 17.6 Å². The number of hydrogen-bond donors (Lipinski definition) is 0. The third-order valence-electron chi connectivity index (χ3n) is 5.89. The van der Waals surface area contributed by atoms with Gasteiger partial charge in [-0.3, -0.25) is 9.10 Å². The fraction of sp³-hybridized carbons (Fsp3) is 0.409. The molecule has 31 heavy (non-hydrogen) atoms. The van der Waals surface area contributed by atoms with Crippen LogP contribution in [-0.2, 0) is 21.5 Å². The average Bonchev–Trinajstić information content (AvgIpc) is 2.77. The van der Waals surface area contributed by atoms with E-state index in [2.05, 4.69) is 0 Å². The second-order valence-corrected chi connectivity index (χ2v) is 9.72. The maximum Gasteiger partial charge on any atom is 0.304 e. The van der Waals surface area contributed by atoms with Gasteiger partial charge in [-0.2, -0.15) is 12.7 Å². The van der Waals surface area contributed by atoms with E-state index in [0.29, 0.717) is 56.9 Å². The molecule has 0 unspecified atom stereocenters. The highest BCUT2D eigenvalue weighted by atomic mass is 32.2. The summed E-state index contributed by atoms with van der Waals surface area (Å²) in [6.07, 6.45) is 0.675. The minimum Gasteiger partial charge on any atom is -0.368 e. The van der Waals surface area contributed by atoms with Crippen molar-refractivity contribution in [1.82, 2.24) is 9.21 Å². The lowest BCUT2D eigenvalue weighted by Crippen LogP contribution is -2.49. The Hall–Kier alpha value is -2.65. The quantitative estimate of drug-likeness (QED) is 0.724. The molecule has 2 heterocycles. The molecule has 2 aliphatic rings. The van der Waals surface area contributed by atoms with Crippen molar-refractivity contribution in [3.05, 3.63) is 59.9 Å². The van der Waals surface area contributed by atoms with Gasteiger partial charge in [-0.1, -0.05) is 24.3 Å². The van der Waals surface area contributed by atoms with Crippen LogP contribution < -0.4 is 9.21 Å². The largest absolute Gasteiger partial charge is 0.368 e. The van der Waals surface area contributed by atoms with Gasteiger partial charge < -0.3 is 9.80 Å². The highest BCUT2D eigenvalue weighted by molar-refractivity contribution is 7.90. The number of halogens is 1. The summed E-state index contributed by atoms with van der Waals surface area (Å²) in [5, 5.41) is 0. The molecule has 9 heteroatoms. The normalized spacial score (nSPS) is 19.5. The standard InChI is InChI=1S/C22H27FN4O3S/c1-18(28)24-12-14-25(15-13-24)21-9-8-19(22(23)16-21)17-26-10-5-11-27(31(26,29)30)20-6-3-2-4-7-20/h2-4,6-9,16H,5,10-15,17H2,1H3. The molecule has 0 bridgehead atoms. The molecule has 4 rings (SSSR count). The van der Waals surface area contributed by atoms with Crippen LogP contribution in [0.1, 0.15) is 18.9 Å². The summed E-state index contributed by atoms with van der Waals surface area (Å²) < 4.78 is 43.9. The highest BCUT2D eigenvalue weighted by Gasteiger charge is 2.34. The van der Waals surface area contributed by atoms with Crippen LogP contribution in [0.4, 0.5) is 15.8 Å². The van der Waals surface area contributed by atoms with Crippen molar-refractivity contribution in [1.29, 1.82) is 0 Å². The molecule has 7 nitrogen and oxygen atoms in total. The number of piperazine rings is 1. The predicted octanol–water partition coefficient (Wildman–Crippen LogP) is 2.45. The van der Waals surface area contributed by atoms with Gasteiger partial charge in [0.15, 0.2) is 0 Å². The molecule has 0 aromatic heterocycles. The molecule has 2 fully saturated rings. The highest BCUT2D eigenvalue weighted by Crippen LogP contribution is 2.27. The van der Waals surface area contributed by atoms with Gasteiger partial charge in [-0.05, 0) is 30.7 Å². The Morgan fingerprint density at radius 2 is 1.65 bits per heavy atom. The van der Waals surface area contributed by atoms with Crippen molar-refractivity contribution in [3.63, 3.8) is 0 Å². The van der Waals surface area contributed by atoms with Gasteiger partial charge >= 0.3 is 10.2 Å². The minimum absolute atomic E-state index is 0.00407. The van der Waals surface area contributed by atoms with Gasteiger partial charge in [0.2, 0.25) is 5.91 Å². The molecule has 2 aliphatic heterocycles. The van der Waals surface area contributed by atoms with Crippen molar-refractivity contribution in [3.8, 4) is 0 Å². The molecule has 2 aromatic carbocycles. The smallest absolute Gasteiger partial charge is 0.304 e. The fourth-order valence-electron chi connectivity index (χ4n) is 4.11. The molecule has 0 aliphatic carbocycles. The van der Waals surface area contributed by atoms with E-state index < -0.39 is 16.0 Å². The van der Waals surface area contributed by atoms with Crippen molar-refractivity contribution in [2.45, 2.75) is 19.9 Å². The van der Waals surface area contributed by atoms with Crippen LogP contribution in [0.15, 0.2) is 48.5 Å². The number of nitrogens with zero attached hydrogens (tertiary/aromatic N) is 4. The first-order valence-corrected chi connectivity index (χ1v) is 11.9. The molecule has 1 amide bonds. The van der Waals surface area contributed by atoms with Crippen molar-refractivity contribution < 1.29 is 17.6 Å². The number of hydrogen-bond acceptors (Lipinski definition) is 4. The molecule has 0 spiro atoms. The molecule has 0 saturated carbocycles. The number of rotatable bonds is 4. The predicted molar refractivity (Wildman–Crippen MR) is 119 cm³/mol. The Morgan fingerprint density at radius 1 is 0.935 bits per heavy atom. The van der Waals surface area contributed by atoms with Crippen LogP contribution in [-0.4, -0.2) is 62.8 Å². The maximum absolute atomic E-state index is 14.9. The molecule has 0 N–H and O–H groups in total. The average molecular weight is 447 g/mol. The zero-order valence-corrected chi connectivity index (χ0v) is 18.4. The summed E-state index contributed by atoms with van der Waals surface area (Å²) in [5.74, 6) is -0.369. The van der Waals surface area contributed by atoms with E-state index in [1.807, 2.05) is 17.0 Å². The van der Waals surface area contributed by atoms with E-state index in [1.54, 1.807) is 42.2 Å². The first-order valence-electron chi connectivity index (χ1n) is 10.5. The van der Waals surface area contributed by atoms with Crippen LogP contribution >= 0.6 is 0 Å². The minimum atomic E-state index is -3.73. The summed E-state index contributed by atoms with van der Waals surface area (Å²) in [7, 11) is -3.73. The number of amides is 1. The van der Waals surface area contributed by atoms with Crippen LogP contribution in [0.25, 0.3) is 0 Å². The van der Waals surface area contributed by atoms with Crippen LogP contribution in [0.2, 0.25) is 0 Å². The van der Waals surface area contributed by atoms with E-state index in [1.165, 1.54) is 14.7 Å². The van der Waals surface area contributed by atoms with E-state index in [4.69, 9.17) is 0 Å². The second kappa shape index (κ2) is 8.84. The monoisotopic (exact) mass is 446 g/mol. The second-order valence-electron chi connectivity index (χ2n) is 7.87. The van der Waals surface area contributed by atoms with Crippen LogP contribution in [0, 0.1) is 5.82 Å². The van der Waals surface area contributed by atoms with Gasteiger partial charge in [0.05, 0.1) is 5.69 Å². The fourth-order valence-corrected chi connectivity index (χ4v) is 5.80. The Bertz CT molecular complexity index is 1040. The Labute approximate surface area is 182 Å². The van der Waals surface area contributed by atoms with Crippen molar-refractivity contribution >= 4 is 27.5 Å². The third-order valence-corrected chi connectivity index (χ3v) is 7.81. The molecule has 2 aromatic rings.